The molecule has 1 aliphatic rings. The molecule has 1 N–H and O–H groups in total. The smallest absolute Gasteiger partial charge is 0.305 e. The Morgan fingerprint density at radius 1 is 1.32 bits per heavy atom. The molecular weight excluding hydrogens is 242 g/mol. The number of hydrogen-bond acceptors (Lipinski definition) is 3. The zero-order valence-corrected chi connectivity index (χ0v) is 12.7. The fraction of sp³-hybridized carbons (Fsp3) is 0.933. The summed E-state index contributed by atoms with van der Waals surface area (Å²) in [5.41, 5.74) is 0.429. The van der Waals surface area contributed by atoms with Gasteiger partial charge in [-0.05, 0) is 37.6 Å². The van der Waals surface area contributed by atoms with Gasteiger partial charge in [0.25, 0.3) is 0 Å². The molecule has 1 saturated heterocycles. The lowest BCUT2D eigenvalue weighted by molar-refractivity contribution is -0.138. The molecule has 1 aliphatic heterocycles. The molecule has 0 saturated carbocycles. The summed E-state index contributed by atoms with van der Waals surface area (Å²) >= 11 is 0. The van der Waals surface area contributed by atoms with Crippen molar-refractivity contribution in [3.8, 4) is 0 Å². The van der Waals surface area contributed by atoms with E-state index in [1.165, 1.54) is 19.4 Å². The van der Waals surface area contributed by atoms with E-state index in [2.05, 4.69) is 25.7 Å². The molecule has 0 aromatic carbocycles. The van der Waals surface area contributed by atoms with Crippen molar-refractivity contribution in [2.24, 2.45) is 5.41 Å². The predicted molar refractivity (Wildman–Crippen MR) is 76.4 cm³/mol. The number of piperidine rings is 1. The van der Waals surface area contributed by atoms with Crippen LogP contribution in [-0.4, -0.2) is 48.3 Å². The molecule has 0 atom stereocenters. The Morgan fingerprint density at radius 2 is 1.95 bits per heavy atom. The number of carboxylic acids is 1. The maximum atomic E-state index is 10.4. The van der Waals surface area contributed by atoms with Crippen molar-refractivity contribution in [3.05, 3.63) is 0 Å². The number of carboxylic acid groups (broad SMARTS) is 1. The highest BCUT2D eigenvalue weighted by molar-refractivity contribution is 5.66. The van der Waals surface area contributed by atoms with Gasteiger partial charge in [0.1, 0.15) is 0 Å². The first-order valence-corrected chi connectivity index (χ1v) is 7.42. The van der Waals surface area contributed by atoms with E-state index in [0.717, 1.165) is 25.9 Å². The van der Waals surface area contributed by atoms with Crippen LogP contribution in [0.4, 0.5) is 0 Å². The van der Waals surface area contributed by atoms with E-state index in [-0.39, 0.29) is 12.5 Å². The van der Waals surface area contributed by atoms with Gasteiger partial charge in [0.05, 0.1) is 19.1 Å². The zero-order chi connectivity index (χ0) is 14.3. The third-order valence-electron chi connectivity index (χ3n) is 3.61. The summed E-state index contributed by atoms with van der Waals surface area (Å²) in [6.07, 6.45) is 4.98. The highest BCUT2D eigenvalue weighted by atomic mass is 16.5. The van der Waals surface area contributed by atoms with Crippen LogP contribution in [0.3, 0.4) is 0 Å². The normalized spacial score (nSPS) is 18.7. The van der Waals surface area contributed by atoms with E-state index in [4.69, 9.17) is 9.84 Å². The summed E-state index contributed by atoms with van der Waals surface area (Å²) in [5.74, 6) is -0.778. The Labute approximate surface area is 117 Å². The molecule has 112 valence electrons. The summed E-state index contributed by atoms with van der Waals surface area (Å²) in [4.78, 5) is 12.9. The van der Waals surface area contributed by atoms with Crippen LogP contribution in [-0.2, 0) is 9.53 Å². The number of nitrogens with zero attached hydrogens (tertiary/aromatic N) is 1. The van der Waals surface area contributed by atoms with Crippen molar-refractivity contribution < 1.29 is 14.6 Å². The van der Waals surface area contributed by atoms with Crippen LogP contribution in [0.1, 0.15) is 52.9 Å². The molecule has 0 amide bonds. The third-order valence-corrected chi connectivity index (χ3v) is 3.61. The standard InChI is InChI=1S/C15H29NO3/c1-15(2,3)8-4-9-16-10-5-13(6-11-16)19-12-7-14(17)18/h13H,4-12H2,1-3H3,(H,17,18). The lowest BCUT2D eigenvalue weighted by Crippen LogP contribution is -2.38. The molecule has 0 aromatic rings. The van der Waals surface area contributed by atoms with Gasteiger partial charge in [0, 0.05) is 13.1 Å². The molecule has 1 heterocycles. The van der Waals surface area contributed by atoms with Gasteiger partial charge in [-0.25, -0.2) is 0 Å². The number of rotatable bonds is 7. The second-order valence-electron chi connectivity index (χ2n) is 6.72. The Morgan fingerprint density at radius 3 is 2.47 bits per heavy atom. The van der Waals surface area contributed by atoms with Crippen LogP contribution in [0.2, 0.25) is 0 Å². The van der Waals surface area contributed by atoms with Crippen molar-refractivity contribution in [1.29, 1.82) is 0 Å². The van der Waals surface area contributed by atoms with Crippen LogP contribution < -0.4 is 0 Å². The van der Waals surface area contributed by atoms with E-state index in [1.807, 2.05) is 0 Å². The zero-order valence-electron chi connectivity index (χ0n) is 12.7. The summed E-state index contributed by atoms with van der Waals surface area (Å²) < 4.78 is 5.59. The summed E-state index contributed by atoms with van der Waals surface area (Å²) in [7, 11) is 0. The molecule has 0 aromatic heterocycles. The Bertz CT molecular complexity index is 265. The lowest BCUT2D eigenvalue weighted by Gasteiger charge is -2.32. The predicted octanol–water partition coefficient (Wildman–Crippen LogP) is 2.77. The number of likely N-dealkylation sites (tertiary alicyclic amines) is 1. The molecule has 0 spiro atoms. The molecule has 1 rings (SSSR count). The van der Waals surface area contributed by atoms with Crippen LogP contribution in [0.25, 0.3) is 0 Å². The molecule has 0 aliphatic carbocycles. The van der Waals surface area contributed by atoms with Crippen LogP contribution in [0.5, 0.6) is 0 Å². The van der Waals surface area contributed by atoms with Gasteiger partial charge in [-0.3, -0.25) is 4.79 Å². The van der Waals surface area contributed by atoms with Crippen LogP contribution in [0.15, 0.2) is 0 Å². The molecule has 0 unspecified atom stereocenters. The molecule has 4 nitrogen and oxygen atoms in total. The Hall–Kier alpha value is -0.610. The van der Waals surface area contributed by atoms with E-state index in [0.29, 0.717) is 12.0 Å². The summed E-state index contributed by atoms with van der Waals surface area (Å²) in [6, 6.07) is 0. The maximum absolute atomic E-state index is 10.4. The topological polar surface area (TPSA) is 49.8 Å². The molecule has 0 bridgehead atoms. The van der Waals surface area contributed by atoms with E-state index < -0.39 is 5.97 Å². The monoisotopic (exact) mass is 271 g/mol. The molecule has 19 heavy (non-hydrogen) atoms. The number of aliphatic carboxylic acids is 1. The van der Waals surface area contributed by atoms with Crippen molar-refractivity contribution in [1.82, 2.24) is 4.90 Å². The molecule has 1 fully saturated rings. The number of hydrogen-bond donors (Lipinski definition) is 1. The van der Waals surface area contributed by atoms with Gasteiger partial charge in [-0.15, -0.1) is 0 Å². The highest BCUT2D eigenvalue weighted by Gasteiger charge is 2.20. The second-order valence-corrected chi connectivity index (χ2v) is 6.72. The molecular formula is C15H29NO3. The average Bonchev–Trinajstić information content (AvgIpc) is 2.29. The molecule has 4 heteroatoms. The fourth-order valence-corrected chi connectivity index (χ4v) is 2.45. The first kappa shape index (κ1) is 16.4. The van der Waals surface area contributed by atoms with Crippen molar-refractivity contribution in [3.63, 3.8) is 0 Å². The lowest BCUT2D eigenvalue weighted by atomic mass is 9.90. The van der Waals surface area contributed by atoms with Gasteiger partial charge < -0.3 is 14.7 Å². The maximum Gasteiger partial charge on any atom is 0.305 e. The highest BCUT2D eigenvalue weighted by Crippen LogP contribution is 2.21. The Kier molecular flexibility index (Phi) is 6.80. The van der Waals surface area contributed by atoms with E-state index in [9.17, 15) is 4.79 Å². The van der Waals surface area contributed by atoms with Gasteiger partial charge in [0.15, 0.2) is 0 Å². The van der Waals surface area contributed by atoms with Crippen molar-refractivity contribution >= 4 is 5.97 Å². The van der Waals surface area contributed by atoms with Gasteiger partial charge in [0.2, 0.25) is 0 Å². The second kappa shape index (κ2) is 7.85. The quantitative estimate of drug-likeness (QED) is 0.773. The summed E-state index contributed by atoms with van der Waals surface area (Å²) in [5, 5.41) is 8.56. The van der Waals surface area contributed by atoms with Gasteiger partial charge in [-0.1, -0.05) is 20.8 Å². The van der Waals surface area contributed by atoms with Crippen molar-refractivity contribution in [2.45, 2.75) is 59.0 Å². The van der Waals surface area contributed by atoms with Crippen LogP contribution in [0, 0.1) is 5.41 Å². The third kappa shape index (κ3) is 8.22. The minimum atomic E-state index is -0.778. The Balaban J connectivity index is 2.07. The minimum Gasteiger partial charge on any atom is -0.481 e. The number of ether oxygens (including phenoxy) is 1. The first-order chi connectivity index (χ1) is 8.87. The fourth-order valence-electron chi connectivity index (χ4n) is 2.45. The minimum absolute atomic E-state index is 0.117. The molecule has 0 radical (unpaired) electrons. The largest absolute Gasteiger partial charge is 0.481 e. The van der Waals surface area contributed by atoms with Gasteiger partial charge in [-0.2, -0.15) is 0 Å². The average molecular weight is 271 g/mol. The van der Waals surface area contributed by atoms with E-state index >= 15 is 0 Å². The SMILES string of the molecule is CC(C)(C)CCCN1CCC(OCCC(=O)O)CC1. The van der Waals surface area contributed by atoms with Gasteiger partial charge >= 0.3 is 5.97 Å². The van der Waals surface area contributed by atoms with Crippen molar-refractivity contribution in [2.75, 3.05) is 26.2 Å². The summed E-state index contributed by atoms with van der Waals surface area (Å²) in [6.45, 7) is 10.6. The number of carbonyl (C=O) groups is 1. The van der Waals surface area contributed by atoms with Crippen LogP contribution >= 0.6 is 0 Å². The first-order valence-electron chi connectivity index (χ1n) is 7.42. The van der Waals surface area contributed by atoms with E-state index in [1.54, 1.807) is 0 Å².